The highest BCUT2D eigenvalue weighted by Gasteiger charge is 2.40. The molecule has 2 N–H and O–H groups in total. The van der Waals surface area contributed by atoms with Gasteiger partial charge in [-0.15, -0.1) is 0 Å². The molecule has 3 fully saturated rings. The van der Waals surface area contributed by atoms with Crippen LogP contribution in [0.15, 0.2) is 18.2 Å². The predicted molar refractivity (Wildman–Crippen MR) is 97.7 cm³/mol. The Morgan fingerprint density at radius 3 is 2.56 bits per heavy atom. The number of fused-ring (bicyclic) bond motifs is 1. The van der Waals surface area contributed by atoms with Crippen molar-refractivity contribution < 1.29 is 14.4 Å². The Kier molecular flexibility index (Phi) is 4.02. The van der Waals surface area contributed by atoms with E-state index in [-0.39, 0.29) is 24.1 Å². The van der Waals surface area contributed by atoms with Gasteiger partial charge in [0.15, 0.2) is 0 Å². The summed E-state index contributed by atoms with van der Waals surface area (Å²) in [4.78, 5) is 40.7. The number of nitrogens with one attached hydrogen (secondary N) is 2. The first-order valence-corrected chi connectivity index (χ1v) is 9.83. The molecule has 1 aromatic carbocycles. The van der Waals surface area contributed by atoms with Gasteiger partial charge in [-0.05, 0) is 36.5 Å². The molecule has 1 atom stereocenters. The van der Waals surface area contributed by atoms with E-state index in [1.807, 2.05) is 12.1 Å². The third-order valence-corrected chi connectivity index (χ3v) is 6.20. The maximum atomic E-state index is 12.9. The molecule has 7 heteroatoms. The molecule has 1 saturated carbocycles. The lowest BCUT2D eigenvalue weighted by molar-refractivity contribution is -0.136. The Morgan fingerprint density at radius 2 is 1.89 bits per heavy atom. The van der Waals surface area contributed by atoms with Crippen LogP contribution in [0.5, 0.6) is 0 Å². The highest BCUT2D eigenvalue weighted by Crippen LogP contribution is 2.33. The molecule has 1 unspecified atom stereocenters. The second-order valence-corrected chi connectivity index (χ2v) is 8.11. The minimum Gasteiger partial charge on any atom is -0.322 e. The van der Waals surface area contributed by atoms with Crippen LogP contribution in [-0.4, -0.2) is 58.7 Å². The second kappa shape index (κ2) is 6.42. The normalized spacial score (nSPS) is 25.6. The molecule has 1 aliphatic carbocycles. The van der Waals surface area contributed by atoms with Gasteiger partial charge in [-0.2, -0.15) is 0 Å². The van der Waals surface area contributed by atoms with E-state index in [0.29, 0.717) is 30.6 Å². The fourth-order valence-electron chi connectivity index (χ4n) is 4.38. The van der Waals surface area contributed by atoms with Crippen molar-refractivity contribution in [2.45, 2.75) is 56.9 Å². The number of imide groups is 1. The molecule has 0 radical (unpaired) electrons. The molecule has 3 heterocycles. The van der Waals surface area contributed by atoms with Crippen LogP contribution < -0.4 is 10.6 Å². The number of rotatable bonds is 5. The van der Waals surface area contributed by atoms with Gasteiger partial charge >= 0.3 is 0 Å². The van der Waals surface area contributed by atoms with Crippen molar-refractivity contribution in [3.8, 4) is 0 Å². The van der Waals surface area contributed by atoms with Crippen molar-refractivity contribution in [3.63, 3.8) is 0 Å². The fourth-order valence-corrected chi connectivity index (χ4v) is 4.38. The van der Waals surface area contributed by atoms with Crippen LogP contribution >= 0.6 is 0 Å². The van der Waals surface area contributed by atoms with Crippen LogP contribution in [0.3, 0.4) is 0 Å². The maximum Gasteiger partial charge on any atom is 0.255 e. The highest BCUT2D eigenvalue weighted by atomic mass is 16.2. The van der Waals surface area contributed by atoms with E-state index >= 15 is 0 Å². The summed E-state index contributed by atoms with van der Waals surface area (Å²) in [6.45, 7) is 3.41. The van der Waals surface area contributed by atoms with Gasteiger partial charge in [-0.1, -0.05) is 12.1 Å². The van der Waals surface area contributed by atoms with Crippen molar-refractivity contribution in [3.05, 3.63) is 34.9 Å². The van der Waals surface area contributed by atoms with Gasteiger partial charge in [-0.3, -0.25) is 24.6 Å². The Labute approximate surface area is 158 Å². The van der Waals surface area contributed by atoms with Crippen molar-refractivity contribution in [1.82, 2.24) is 20.4 Å². The van der Waals surface area contributed by atoms with Crippen LogP contribution in [0.25, 0.3) is 0 Å². The first-order valence-electron chi connectivity index (χ1n) is 9.83. The summed E-state index contributed by atoms with van der Waals surface area (Å²) in [6.07, 6.45) is 3.22. The van der Waals surface area contributed by atoms with Crippen molar-refractivity contribution in [1.29, 1.82) is 0 Å². The minimum absolute atomic E-state index is 0.0929. The molecule has 3 aliphatic heterocycles. The number of piperidine rings is 1. The summed E-state index contributed by atoms with van der Waals surface area (Å²) in [7, 11) is 0. The molecule has 3 amide bonds. The second-order valence-electron chi connectivity index (χ2n) is 8.11. The Morgan fingerprint density at radius 1 is 1.07 bits per heavy atom. The smallest absolute Gasteiger partial charge is 0.255 e. The predicted octanol–water partition coefficient (Wildman–Crippen LogP) is 0.384. The quantitative estimate of drug-likeness (QED) is 0.735. The number of carbonyl (C=O) groups excluding carboxylic acids is 3. The molecule has 0 bridgehead atoms. The van der Waals surface area contributed by atoms with Crippen LogP contribution in [0.1, 0.15) is 47.2 Å². The van der Waals surface area contributed by atoms with Crippen molar-refractivity contribution >= 4 is 17.7 Å². The summed E-state index contributed by atoms with van der Waals surface area (Å²) in [6, 6.07) is 6.88. The lowest BCUT2D eigenvalue weighted by Crippen LogP contribution is -2.57. The van der Waals surface area contributed by atoms with Gasteiger partial charge in [0.05, 0.1) is 0 Å². The van der Waals surface area contributed by atoms with Crippen LogP contribution in [0.2, 0.25) is 0 Å². The summed E-state index contributed by atoms with van der Waals surface area (Å²) in [5.74, 6) is -0.706. The van der Waals surface area contributed by atoms with Gasteiger partial charge in [0, 0.05) is 50.2 Å². The van der Waals surface area contributed by atoms with E-state index in [0.717, 1.165) is 30.8 Å². The zero-order valence-corrected chi connectivity index (χ0v) is 15.2. The SMILES string of the molecule is O=C1CCC(N2Cc3ccc(CN(C4CC4)C4CNC4)cc3C2=O)C(=O)N1. The largest absolute Gasteiger partial charge is 0.322 e. The molecule has 4 aliphatic rings. The third kappa shape index (κ3) is 3.04. The van der Waals surface area contributed by atoms with Gasteiger partial charge in [-0.25, -0.2) is 0 Å². The van der Waals surface area contributed by atoms with E-state index in [1.165, 1.54) is 12.8 Å². The standard InChI is InChI=1S/C20H24N4O3/c25-18-6-5-17(19(26)22-18)24-11-13-2-1-12(7-16(13)20(24)27)10-23(14-3-4-14)15-8-21-9-15/h1-2,7,14-15,17,21H,3-6,8-11H2,(H,22,25,26). The monoisotopic (exact) mass is 368 g/mol. The average molecular weight is 368 g/mol. The van der Waals surface area contributed by atoms with Crippen LogP contribution in [0, 0.1) is 0 Å². The van der Waals surface area contributed by atoms with E-state index in [2.05, 4.69) is 21.6 Å². The van der Waals surface area contributed by atoms with Gasteiger partial charge in [0.2, 0.25) is 11.8 Å². The van der Waals surface area contributed by atoms with E-state index in [9.17, 15) is 14.4 Å². The number of hydrogen-bond donors (Lipinski definition) is 2. The molecular weight excluding hydrogens is 344 g/mol. The molecule has 0 spiro atoms. The maximum absolute atomic E-state index is 12.9. The van der Waals surface area contributed by atoms with Gasteiger partial charge in [0.25, 0.3) is 5.91 Å². The molecular formula is C20H24N4O3. The number of carbonyl (C=O) groups is 3. The Balaban J connectivity index is 1.33. The van der Waals surface area contributed by atoms with Crippen molar-refractivity contribution in [2.24, 2.45) is 0 Å². The van der Waals surface area contributed by atoms with Gasteiger partial charge < -0.3 is 10.2 Å². The summed E-state index contributed by atoms with van der Waals surface area (Å²) < 4.78 is 0. The zero-order chi connectivity index (χ0) is 18.5. The van der Waals surface area contributed by atoms with E-state index < -0.39 is 6.04 Å². The summed E-state index contributed by atoms with van der Waals surface area (Å²) >= 11 is 0. The van der Waals surface area contributed by atoms with E-state index in [4.69, 9.17) is 0 Å². The van der Waals surface area contributed by atoms with Crippen molar-refractivity contribution in [2.75, 3.05) is 13.1 Å². The lowest BCUT2D eigenvalue weighted by atomic mass is 10.0. The van der Waals surface area contributed by atoms with Crippen LogP contribution in [-0.2, 0) is 22.7 Å². The number of amides is 3. The third-order valence-electron chi connectivity index (χ3n) is 6.20. The number of hydrogen-bond acceptors (Lipinski definition) is 5. The number of benzene rings is 1. The molecule has 5 rings (SSSR count). The molecule has 142 valence electrons. The molecule has 2 saturated heterocycles. The summed E-state index contributed by atoms with van der Waals surface area (Å²) in [5.41, 5.74) is 2.84. The van der Waals surface area contributed by atoms with Crippen LogP contribution in [0.4, 0.5) is 0 Å². The minimum atomic E-state index is -0.546. The highest BCUT2D eigenvalue weighted by molar-refractivity contribution is 6.05. The summed E-state index contributed by atoms with van der Waals surface area (Å²) in [5, 5.41) is 5.70. The fraction of sp³-hybridized carbons (Fsp3) is 0.550. The first-order chi connectivity index (χ1) is 13.1. The zero-order valence-electron chi connectivity index (χ0n) is 15.2. The average Bonchev–Trinajstić information content (AvgIpc) is 3.39. The lowest BCUT2D eigenvalue weighted by Gasteiger charge is -2.38. The topological polar surface area (TPSA) is 81.8 Å². The molecule has 27 heavy (non-hydrogen) atoms. The first kappa shape index (κ1) is 16.9. The molecule has 0 aromatic heterocycles. The van der Waals surface area contributed by atoms with Gasteiger partial charge in [0.1, 0.15) is 6.04 Å². The Hall–Kier alpha value is -2.25. The van der Waals surface area contributed by atoms with E-state index in [1.54, 1.807) is 4.90 Å². The Bertz CT molecular complexity index is 815. The number of nitrogens with zero attached hydrogens (tertiary/aromatic N) is 2. The molecule has 1 aromatic rings. The molecule has 7 nitrogen and oxygen atoms in total.